The molecular formula is C36H43FN2O4. The van der Waals surface area contributed by atoms with Gasteiger partial charge in [0.25, 0.3) is 0 Å². The summed E-state index contributed by atoms with van der Waals surface area (Å²) in [6.07, 6.45) is 8.52. The van der Waals surface area contributed by atoms with Crippen LogP contribution in [0, 0.1) is 17.7 Å². The van der Waals surface area contributed by atoms with Gasteiger partial charge in [0.2, 0.25) is 5.88 Å². The zero-order chi connectivity index (χ0) is 30.2. The van der Waals surface area contributed by atoms with Crippen LogP contribution in [0.3, 0.4) is 0 Å². The van der Waals surface area contributed by atoms with Crippen LogP contribution in [-0.4, -0.2) is 40.2 Å². The Morgan fingerprint density at radius 1 is 1.07 bits per heavy atom. The van der Waals surface area contributed by atoms with E-state index in [-0.39, 0.29) is 17.8 Å². The largest absolute Gasteiger partial charge is 0.485 e. The smallest absolute Gasteiger partial charge is 0.306 e. The highest BCUT2D eigenvalue weighted by atomic mass is 19.1. The minimum absolute atomic E-state index is 0.00145. The molecule has 0 amide bonds. The lowest BCUT2D eigenvalue weighted by molar-refractivity contribution is -0.142. The first-order valence-corrected chi connectivity index (χ1v) is 15.8. The molecule has 1 saturated heterocycles. The number of carboxylic acids is 1. The SMILES string of the molecule is COc1cc(-c2ccc([C@@H]3CCc4ccc([C@H](C5CC5)[C@H](C)C(=O)O)cc4O3)cc2CN2[C@H](C)CCC[C@H]2C)c(F)cn1. The van der Waals surface area contributed by atoms with E-state index in [4.69, 9.17) is 9.47 Å². The Balaban J connectivity index is 1.34. The van der Waals surface area contributed by atoms with Crippen LogP contribution in [-0.2, 0) is 17.8 Å². The number of methoxy groups -OCH3 is 1. The maximum absolute atomic E-state index is 15.2. The third kappa shape index (κ3) is 6.14. The van der Waals surface area contributed by atoms with Gasteiger partial charge in [-0.25, -0.2) is 9.37 Å². The molecule has 1 aromatic heterocycles. The van der Waals surface area contributed by atoms with Crippen molar-refractivity contribution < 1.29 is 23.8 Å². The molecule has 3 aliphatic rings. The maximum Gasteiger partial charge on any atom is 0.306 e. The number of likely N-dealkylation sites (tertiary alicyclic amines) is 1. The van der Waals surface area contributed by atoms with Crippen molar-refractivity contribution in [3.05, 3.63) is 76.7 Å². The second-order valence-electron chi connectivity index (χ2n) is 12.9. The first-order chi connectivity index (χ1) is 20.7. The highest BCUT2D eigenvalue weighted by Crippen LogP contribution is 2.48. The van der Waals surface area contributed by atoms with Crippen molar-refractivity contribution >= 4 is 5.97 Å². The van der Waals surface area contributed by atoms with Crippen LogP contribution in [0.5, 0.6) is 11.6 Å². The van der Waals surface area contributed by atoms with Gasteiger partial charge >= 0.3 is 5.97 Å². The van der Waals surface area contributed by atoms with Crippen LogP contribution in [0.4, 0.5) is 4.39 Å². The number of ether oxygens (including phenoxy) is 2. The summed E-state index contributed by atoms with van der Waals surface area (Å²) < 4.78 is 27.2. The number of aromatic nitrogens is 1. The Bertz CT molecular complexity index is 1480. The number of nitrogens with zero attached hydrogens (tertiary/aromatic N) is 2. The van der Waals surface area contributed by atoms with Crippen molar-refractivity contribution in [1.29, 1.82) is 0 Å². The topological polar surface area (TPSA) is 71.9 Å². The van der Waals surface area contributed by atoms with Gasteiger partial charge in [0.05, 0.1) is 19.2 Å². The molecule has 7 heteroatoms. The van der Waals surface area contributed by atoms with E-state index in [2.05, 4.69) is 54.1 Å². The number of aliphatic carboxylic acids is 1. The molecule has 1 aliphatic carbocycles. The van der Waals surface area contributed by atoms with E-state index in [1.807, 2.05) is 13.0 Å². The number of rotatable bonds is 9. The molecule has 1 saturated carbocycles. The monoisotopic (exact) mass is 586 g/mol. The summed E-state index contributed by atoms with van der Waals surface area (Å²) in [5.41, 5.74) is 5.70. The standard InChI is InChI=1S/C36H43FN2O4/c1-21-6-5-7-22(2)39(21)20-28-16-26(12-14-29(28)30-18-34(42-4)38-19-31(30)37)32-15-13-24-8-11-27(17-33(24)43-32)35(25-9-10-25)23(3)36(40)41/h8,11-12,14,16-19,21-23,25,32,35H,5-7,9-10,13,15,20H2,1-4H3,(H,40,41)/t21-,22-,23+,32+,35+/m1/s1. The number of carbonyl (C=O) groups is 1. The molecule has 2 fully saturated rings. The van der Waals surface area contributed by atoms with E-state index in [1.165, 1.54) is 12.6 Å². The second-order valence-corrected chi connectivity index (χ2v) is 12.9. The molecule has 6 nitrogen and oxygen atoms in total. The van der Waals surface area contributed by atoms with Gasteiger partial charge in [0, 0.05) is 30.3 Å². The summed E-state index contributed by atoms with van der Waals surface area (Å²) in [6, 6.07) is 15.2. The Kier molecular flexibility index (Phi) is 8.45. The third-order valence-corrected chi connectivity index (χ3v) is 10.0. The van der Waals surface area contributed by atoms with Crippen LogP contribution in [0.15, 0.2) is 48.7 Å². The first kappa shape index (κ1) is 29.6. The zero-order valence-corrected chi connectivity index (χ0v) is 25.7. The summed E-state index contributed by atoms with van der Waals surface area (Å²) >= 11 is 0. The van der Waals surface area contributed by atoms with Gasteiger partial charge in [-0.15, -0.1) is 0 Å². The molecule has 6 rings (SSSR count). The fraction of sp³-hybridized carbons (Fsp3) is 0.500. The van der Waals surface area contributed by atoms with E-state index in [1.54, 1.807) is 13.2 Å². The lowest BCUT2D eigenvalue weighted by Gasteiger charge is -2.39. The summed E-state index contributed by atoms with van der Waals surface area (Å²) in [5.74, 6) is 0.102. The molecule has 5 atom stereocenters. The molecule has 228 valence electrons. The maximum atomic E-state index is 15.2. The normalized spacial score (nSPS) is 23.6. The molecule has 0 bridgehead atoms. The summed E-state index contributed by atoms with van der Waals surface area (Å²) in [6.45, 7) is 7.12. The molecule has 3 heterocycles. The average Bonchev–Trinajstić information content (AvgIpc) is 3.84. The highest BCUT2D eigenvalue weighted by molar-refractivity contribution is 5.71. The van der Waals surface area contributed by atoms with Crippen molar-refractivity contribution in [2.75, 3.05) is 7.11 Å². The molecule has 2 aromatic carbocycles. The van der Waals surface area contributed by atoms with Gasteiger partial charge in [0.15, 0.2) is 0 Å². The number of piperidine rings is 1. The lowest BCUT2D eigenvalue weighted by Crippen LogP contribution is -2.43. The van der Waals surface area contributed by atoms with E-state index in [0.29, 0.717) is 29.4 Å². The highest BCUT2D eigenvalue weighted by Gasteiger charge is 2.39. The van der Waals surface area contributed by atoms with E-state index < -0.39 is 11.9 Å². The van der Waals surface area contributed by atoms with Crippen molar-refractivity contribution in [3.63, 3.8) is 0 Å². The van der Waals surface area contributed by atoms with Crippen LogP contribution >= 0.6 is 0 Å². The van der Waals surface area contributed by atoms with Crippen molar-refractivity contribution in [1.82, 2.24) is 9.88 Å². The van der Waals surface area contributed by atoms with Crippen LogP contribution in [0.1, 0.15) is 93.6 Å². The summed E-state index contributed by atoms with van der Waals surface area (Å²) in [4.78, 5) is 18.5. The van der Waals surface area contributed by atoms with Gasteiger partial charge in [-0.3, -0.25) is 9.69 Å². The predicted molar refractivity (Wildman–Crippen MR) is 165 cm³/mol. The third-order valence-electron chi connectivity index (χ3n) is 10.0. The van der Waals surface area contributed by atoms with Crippen molar-refractivity contribution in [3.8, 4) is 22.8 Å². The lowest BCUT2D eigenvalue weighted by atomic mass is 9.82. The van der Waals surface area contributed by atoms with Crippen molar-refractivity contribution in [2.24, 2.45) is 11.8 Å². The van der Waals surface area contributed by atoms with E-state index in [0.717, 1.165) is 78.6 Å². The molecule has 0 spiro atoms. The van der Waals surface area contributed by atoms with Gasteiger partial charge in [-0.05, 0) is 98.1 Å². The number of aryl methyl sites for hydroxylation is 1. The van der Waals surface area contributed by atoms with Crippen LogP contribution in [0.25, 0.3) is 11.1 Å². The molecule has 0 unspecified atom stereocenters. The van der Waals surface area contributed by atoms with Gasteiger partial charge in [-0.1, -0.05) is 43.7 Å². The fourth-order valence-corrected chi connectivity index (χ4v) is 7.33. The molecule has 3 aromatic rings. The molecule has 1 N–H and O–H groups in total. The summed E-state index contributed by atoms with van der Waals surface area (Å²) in [7, 11) is 1.55. The average molecular weight is 587 g/mol. The van der Waals surface area contributed by atoms with Crippen molar-refractivity contribution in [2.45, 2.75) is 96.4 Å². The quantitative estimate of drug-likeness (QED) is 0.274. The molecule has 2 aliphatic heterocycles. The minimum atomic E-state index is -0.748. The fourth-order valence-electron chi connectivity index (χ4n) is 7.33. The van der Waals surface area contributed by atoms with Gasteiger partial charge in [-0.2, -0.15) is 0 Å². The van der Waals surface area contributed by atoms with Gasteiger partial charge in [0.1, 0.15) is 17.7 Å². The van der Waals surface area contributed by atoms with Crippen LogP contribution < -0.4 is 9.47 Å². The predicted octanol–water partition coefficient (Wildman–Crippen LogP) is 7.94. The Morgan fingerprint density at radius 2 is 1.84 bits per heavy atom. The zero-order valence-electron chi connectivity index (χ0n) is 25.7. The Labute approximate surface area is 254 Å². The Morgan fingerprint density at radius 3 is 2.53 bits per heavy atom. The number of benzene rings is 2. The first-order valence-electron chi connectivity index (χ1n) is 15.8. The molecule has 43 heavy (non-hydrogen) atoms. The number of halogens is 1. The number of carboxylic acid groups (broad SMARTS) is 1. The summed E-state index contributed by atoms with van der Waals surface area (Å²) in [5, 5.41) is 9.78. The number of hydrogen-bond donors (Lipinski definition) is 1. The minimum Gasteiger partial charge on any atom is -0.485 e. The van der Waals surface area contributed by atoms with Crippen LogP contribution in [0.2, 0.25) is 0 Å². The van der Waals surface area contributed by atoms with E-state index >= 15 is 4.39 Å². The van der Waals surface area contributed by atoms with Gasteiger partial charge < -0.3 is 14.6 Å². The molecular weight excluding hydrogens is 543 g/mol. The number of pyridine rings is 1. The second kappa shape index (κ2) is 12.3. The molecule has 0 radical (unpaired) electrons. The number of fused-ring (bicyclic) bond motifs is 1. The number of hydrogen-bond acceptors (Lipinski definition) is 5. The Hall–Kier alpha value is -3.45. The van der Waals surface area contributed by atoms with E-state index in [9.17, 15) is 9.90 Å².